The highest BCUT2D eigenvalue weighted by Crippen LogP contribution is 2.30. The normalized spacial score (nSPS) is 18.5. The number of imidazole rings is 1. The van der Waals surface area contributed by atoms with Gasteiger partial charge in [0.15, 0.2) is 0 Å². The van der Waals surface area contributed by atoms with Crippen molar-refractivity contribution < 1.29 is 23.8 Å². The fourth-order valence-corrected chi connectivity index (χ4v) is 5.44. The highest BCUT2D eigenvalue weighted by Gasteiger charge is 2.24. The summed E-state index contributed by atoms with van der Waals surface area (Å²) in [6.45, 7) is 7.31. The van der Waals surface area contributed by atoms with Crippen LogP contribution in [0.3, 0.4) is 0 Å². The second-order valence-corrected chi connectivity index (χ2v) is 11.4. The van der Waals surface area contributed by atoms with Crippen molar-refractivity contribution in [2.45, 2.75) is 39.3 Å². The summed E-state index contributed by atoms with van der Waals surface area (Å²) in [4.78, 5) is 33.2. The van der Waals surface area contributed by atoms with Crippen molar-refractivity contribution in [2.75, 3.05) is 46.5 Å². The van der Waals surface area contributed by atoms with Gasteiger partial charge in [-0.25, -0.2) is 4.98 Å². The molecule has 0 spiro atoms. The molecular weight excluding hydrogens is 546 g/mol. The van der Waals surface area contributed by atoms with E-state index in [2.05, 4.69) is 26.6 Å². The number of hydrogen-bond donors (Lipinski definition) is 2. The van der Waals surface area contributed by atoms with E-state index < -0.39 is 6.04 Å². The first kappa shape index (κ1) is 30.2. The van der Waals surface area contributed by atoms with E-state index in [4.69, 9.17) is 14.2 Å². The van der Waals surface area contributed by atoms with Crippen molar-refractivity contribution in [3.63, 3.8) is 0 Å². The molecule has 1 aromatic heterocycles. The highest BCUT2D eigenvalue weighted by atomic mass is 16.5. The Kier molecular flexibility index (Phi) is 9.99. The summed E-state index contributed by atoms with van der Waals surface area (Å²) in [7, 11) is 1.64. The number of nitrogens with one attached hydrogen (secondary N) is 2. The quantitative estimate of drug-likeness (QED) is 0.468. The van der Waals surface area contributed by atoms with Crippen molar-refractivity contribution in [2.24, 2.45) is 5.92 Å². The fourth-order valence-electron chi connectivity index (χ4n) is 5.44. The van der Waals surface area contributed by atoms with E-state index in [-0.39, 0.29) is 24.3 Å². The minimum absolute atomic E-state index is 0.151. The monoisotopic (exact) mass is 587 g/mol. The van der Waals surface area contributed by atoms with Crippen molar-refractivity contribution >= 4 is 17.9 Å². The summed E-state index contributed by atoms with van der Waals surface area (Å²) in [5.41, 5.74) is 2.95. The van der Waals surface area contributed by atoms with E-state index in [1.807, 2.05) is 67.1 Å². The molecule has 0 saturated carbocycles. The largest absolute Gasteiger partial charge is 0.497 e. The van der Waals surface area contributed by atoms with E-state index in [9.17, 15) is 9.59 Å². The zero-order valence-corrected chi connectivity index (χ0v) is 25.2. The molecule has 2 aliphatic rings. The summed E-state index contributed by atoms with van der Waals surface area (Å²) in [6, 6.07) is 13.0. The van der Waals surface area contributed by atoms with Gasteiger partial charge in [-0.3, -0.25) is 14.5 Å². The molecule has 43 heavy (non-hydrogen) atoms. The average Bonchev–Trinajstić information content (AvgIpc) is 3.46. The predicted octanol–water partition coefficient (Wildman–Crippen LogP) is 3.77. The maximum atomic E-state index is 13.4. The number of amides is 2. The number of fused-ring (bicyclic) bond motifs is 5. The van der Waals surface area contributed by atoms with Gasteiger partial charge < -0.3 is 29.4 Å². The van der Waals surface area contributed by atoms with E-state index in [1.54, 1.807) is 13.3 Å². The van der Waals surface area contributed by atoms with Crippen LogP contribution in [0.2, 0.25) is 0 Å². The zero-order valence-electron chi connectivity index (χ0n) is 25.2. The number of ether oxygens (including phenoxy) is 3. The standard InChI is InChI=1S/C33H41N5O5/c1-23(2)16-29-33(40)35-11-14-38-13-10-34-32(38)25-6-4-7-28(18-25)42-15-5-12-37(21-31(39)36-29)20-24-17-26-19-27(41-3)8-9-30(26)43-22-24/h4,6-10,13,17-19,23,29H,5,11-12,14-16,20-22H2,1-3H3,(H,35,40)(H,36,39)/t29-/m1/s1. The first-order valence-electron chi connectivity index (χ1n) is 14.9. The van der Waals surface area contributed by atoms with Gasteiger partial charge in [0.2, 0.25) is 11.8 Å². The van der Waals surface area contributed by atoms with Gasteiger partial charge in [0.1, 0.15) is 35.7 Å². The van der Waals surface area contributed by atoms with Crippen LogP contribution in [0.4, 0.5) is 0 Å². The molecule has 10 heteroatoms. The molecule has 0 saturated heterocycles. The highest BCUT2D eigenvalue weighted by molar-refractivity contribution is 5.88. The van der Waals surface area contributed by atoms with Gasteiger partial charge in [0.05, 0.1) is 20.3 Å². The molecular formula is C33H41N5O5. The molecule has 2 aliphatic heterocycles. The molecule has 228 valence electrons. The van der Waals surface area contributed by atoms with Gasteiger partial charge in [-0.15, -0.1) is 0 Å². The van der Waals surface area contributed by atoms with Gasteiger partial charge in [-0.2, -0.15) is 0 Å². The van der Waals surface area contributed by atoms with Gasteiger partial charge in [-0.05, 0) is 60.7 Å². The maximum absolute atomic E-state index is 13.4. The first-order chi connectivity index (χ1) is 20.9. The summed E-state index contributed by atoms with van der Waals surface area (Å²) < 4.78 is 19.5. The van der Waals surface area contributed by atoms with Crippen molar-refractivity contribution in [3.05, 3.63) is 66.0 Å². The number of nitrogens with zero attached hydrogens (tertiary/aromatic N) is 3. The van der Waals surface area contributed by atoms with Gasteiger partial charge in [-0.1, -0.05) is 26.0 Å². The Morgan fingerprint density at radius 3 is 2.84 bits per heavy atom. The van der Waals surface area contributed by atoms with E-state index in [1.165, 1.54) is 0 Å². The Labute approximate surface area is 253 Å². The molecule has 2 amide bonds. The maximum Gasteiger partial charge on any atom is 0.242 e. The lowest BCUT2D eigenvalue weighted by molar-refractivity contribution is -0.130. The zero-order chi connectivity index (χ0) is 30.2. The molecule has 3 aromatic rings. The van der Waals surface area contributed by atoms with Crippen molar-refractivity contribution in [1.29, 1.82) is 0 Å². The van der Waals surface area contributed by atoms with Crippen LogP contribution in [-0.2, 0) is 16.1 Å². The summed E-state index contributed by atoms with van der Waals surface area (Å²) in [6.07, 6.45) is 7.01. The van der Waals surface area contributed by atoms with Crippen LogP contribution in [0.25, 0.3) is 17.5 Å². The van der Waals surface area contributed by atoms with Gasteiger partial charge in [0.25, 0.3) is 0 Å². The third-order valence-electron chi connectivity index (χ3n) is 7.49. The van der Waals surface area contributed by atoms with Gasteiger partial charge >= 0.3 is 0 Å². The molecule has 0 radical (unpaired) electrons. The first-order valence-corrected chi connectivity index (χ1v) is 14.9. The Bertz CT molecular complexity index is 1450. The van der Waals surface area contributed by atoms with E-state index in [0.29, 0.717) is 52.2 Å². The molecule has 0 aliphatic carbocycles. The Morgan fingerprint density at radius 1 is 1.12 bits per heavy atom. The van der Waals surface area contributed by atoms with Crippen LogP contribution in [0.1, 0.15) is 32.3 Å². The number of carbonyl (C=O) groups is 2. The predicted molar refractivity (Wildman–Crippen MR) is 165 cm³/mol. The summed E-state index contributed by atoms with van der Waals surface area (Å²) >= 11 is 0. The number of methoxy groups -OCH3 is 1. The molecule has 3 heterocycles. The number of carbonyl (C=O) groups excluding carboxylic acids is 2. The Balaban J connectivity index is 1.36. The third-order valence-corrected chi connectivity index (χ3v) is 7.49. The van der Waals surface area contributed by atoms with Crippen LogP contribution in [0, 0.1) is 5.92 Å². The molecule has 0 fully saturated rings. The molecule has 5 rings (SSSR count). The van der Waals surface area contributed by atoms with Crippen molar-refractivity contribution in [3.8, 4) is 28.6 Å². The van der Waals surface area contributed by atoms with E-state index in [0.717, 1.165) is 39.8 Å². The molecule has 0 unspecified atom stereocenters. The third kappa shape index (κ3) is 8.16. The van der Waals surface area contributed by atoms with Crippen LogP contribution in [0.5, 0.6) is 17.2 Å². The number of benzene rings is 2. The number of rotatable bonds is 5. The second-order valence-electron chi connectivity index (χ2n) is 11.4. The van der Waals surface area contributed by atoms with Crippen LogP contribution >= 0.6 is 0 Å². The summed E-state index contributed by atoms with van der Waals surface area (Å²) in [5, 5.41) is 6.03. The lowest BCUT2D eigenvalue weighted by Crippen LogP contribution is -2.50. The topological polar surface area (TPSA) is 107 Å². The SMILES string of the molecule is COc1ccc2c(c1)C=C(CN1CCCOc3cccc(c3)-c3nccn3CCNC(=O)[C@@H](CC(C)C)NC(=O)C1)CO2. The molecule has 2 bridgehead atoms. The average molecular weight is 588 g/mol. The number of hydrogen-bond acceptors (Lipinski definition) is 7. The fraction of sp³-hybridized carbons (Fsp3) is 0.424. The lowest BCUT2D eigenvalue weighted by Gasteiger charge is -2.27. The lowest BCUT2D eigenvalue weighted by atomic mass is 10.0. The van der Waals surface area contributed by atoms with Crippen LogP contribution < -0.4 is 24.8 Å². The van der Waals surface area contributed by atoms with Crippen LogP contribution in [0.15, 0.2) is 60.4 Å². The molecule has 2 aromatic carbocycles. The Morgan fingerprint density at radius 2 is 2.00 bits per heavy atom. The summed E-state index contributed by atoms with van der Waals surface area (Å²) in [5.74, 6) is 3.00. The minimum atomic E-state index is -0.618. The molecule has 1 atom stereocenters. The smallest absolute Gasteiger partial charge is 0.242 e. The van der Waals surface area contributed by atoms with Gasteiger partial charge in [0, 0.05) is 49.7 Å². The number of aromatic nitrogens is 2. The van der Waals surface area contributed by atoms with E-state index >= 15 is 0 Å². The minimum Gasteiger partial charge on any atom is -0.497 e. The Hall–Kier alpha value is -4.31. The van der Waals surface area contributed by atoms with Crippen molar-refractivity contribution in [1.82, 2.24) is 25.1 Å². The second kappa shape index (κ2) is 14.2. The molecule has 2 N–H and O–H groups in total. The van der Waals surface area contributed by atoms with Crippen LogP contribution in [-0.4, -0.2) is 78.8 Å². The molecule has 10 nitrogen and oxygen atoms in total.